The van der Waals surface area contributed by atoms with Gasteiger partial charge in [0, 0.05) is 5.69 Å². The number of carbonyl (C=O) groups is 1. The fourth-order valence-electron chi connectivity index (χ4n) is 2.37. The van der Waals surface area contributed by atoms with Gasteiger partial charge in [-0.25, -0.2) is 4.98 Å². The molecule has 0 atom stereocenters. The number of amides is 1. The van der Waals surface area contributed by atoms with Crippen molar-refractivity contribution in [3.8, 4) is 6.07 Å². The van der Waals surface area contributed by atoms with E-state index >= 15 is 0 Å². The van der Waals surface area contributed by atoms with Crippen molar-refractivity contribution < 1.29 is 4.79 Å². The fourth-order valence-corrected chi connectivity index (χ4v) is 4.81. The molecule has 2 heterocycles. The van der Waals surface area contributed by atoms with Crippen molar-refractivity contribution in [1.82, 2.24) is 15.2 Å². The van der Waals surface area contributed by atoms with Gasteiger partial charge in [0.15, 0.2) is 4.34 Å². The number of hydrogen-bond acceptors (Lipinski definition) is 8. The van der Waals surface area contributed by atoms with Gasteiger partial charge in [0.05, 0.1) is 11.3 Å². The summed E-state index contributed by atoms with van der Waals surface area (Å²) in [5.41, 5.74) is 2.77. The van der Waals surface area contributed by atoms with Gasteiger partial charge in [-0.2, -0.15) is 5.26 Å². The molecule has 0 saturated carbocycles. The van der Waals surface area contributed by atoms with Crippen molar-refractivity contribution in [3.05, 3.63) is 22.9 Å². The second-order valence-electron chi connectivity index (χ2n) is 5.06. The zero-order valence-corrected chi connectivity index (χ0v) is 15.5. The van der Waals surface area contributed by atoms with Crippen molar-refractivity contribution >= 4 is 45.9 Å². The Morgan fingerprint density at radius 3 is 3.08 bits per heavy atom. The first-order valence-corrected chi connectivity index (χ1v) is 10.3. The number of rotatable bonds is 6. The molecule has 1 N–H and O–H groups in total. The van der Waals surface area contributed by atoms with Crippen LogP contribution in [0.2, 0.25) is 0 Å². The van der Waals surface area contributed by atoms with Gasteiger partial charge in [-0.1, -0.05) is 41.8 Å². The summed E-state index contributed by atoms with van der Waals surface area (Å²) in [6.45, 7) is 2.04. The number of aryl methyl sites for hydroxylation is 2. The van der Waals surface area contributed by atoms with Crippen LogP contribution in [0.3, 0.4) is 0 Å². The summed E-state index contributed by atoms with van der Waals surface area (Å²) in [4.78, 5) is 16.6. The highest BCUT2D eigenvalue weighted by atomic mass is 32.2. The summed E-state index contributed by atoms with van der Waals surface area (Å²) in [5, 5.41) is 21.1. The normalized spacial score (nSPS) is 12.7. The van der Waals surface area contributed by atoms with E-state index in [1.54, 1.807) is 11.8 Å². The molecule has 1 amide bonds. The zero-order valence-electron chi connectivity index (χ0n) is 13.0. The molecule has 1 aliphatic rings. The number of carbonyl (C=O) groups excluding carboxylic acids is 1. The van der Waals surface area contributed by atoms with Gasteiger partial charge >= 0.3 is 0 Å². The van der Waals surface area contributed by atoms with Gasteiger partial charge in [0.25, 0.3) is 0 Å². The number of nitriles is 1. The largest absolute Gasteiger partial charge is 0.300 e. The molecule has 0 fully saturated rings. The smallest absolute Gasteiger partial charge is 0.236 e. The monoisotopic (exact) mass is 377 g/mol. The van der Waals surface area contributed by atoms with Crippen LogP contribution in [0.15, 0.2) is 15.4 Å². The van der Waals surface area contributed by atoms with Gasteiger partial charge in [-0.05, 0) is 36.6 Å². The Labute approximate surface area is 152 Å². The van der Waals surface area contributed by atoms with Crippen molar-refractivity contribution in [3.63, 3.8) is 0 Å². The molecule has 6 nitrogen and oxygen atoms in total. The third-order valence-electron chi connectivity index (χ3n) is 3.40. The summed E-state index contributed by atoms with van der Waals surface area (Å²) < 4.78 is 0.840. The highest BCUT2D eigenvalue weighted by molar-refractivity contribution is 8.01. The van der Waals surface area contributed by atoms with Crippen LogP contribution in [0.1, 0.15) is 30.2 Å². The number of nitrogens with zero attached hydrogens (tertiary/aromatic N) is 4. The van der Waals surface area contributed by atoms with Crippen molar-refractivity contribution in [2.45, 2.75) is 35.6 Å². The molecule has 0 unspecified atom stereocenters. The Bertz CT molecular complexity index is 799. The number of hydrogen-bond donors (Lipinski definition) is 1. The van der Waals surface area contributed by atoms with Gasteiger partial charge in [-0.15, -0.1) is 10.2 Å². The molecule has 0 aromatic carbocycles. The van der Waals surface area contributed by atoms with E-state index < -0.39 is 0 Å². The molecule has 9 heteroatoms. The molecule has 2 aromatic rings. The molecule has 2 aromatic heterocycles. The van der Waals surface area contributed by atoms with E-state index in [0.29, 0.717) is 15.7 Å². The maximum absolute atomic E-state index is 12.1. The lowest BCUT2D eigenvalue weighted by Gasteiger charge is -2.06. The molecule has 0 radical (unpaired) electrons. The Balaban J connectivity index is 1.61. The second kappa shape index (κ2) is 7.96. The molecule has 0 bridgehead atoms. The first kappa shape index (κ1) is 17.2. The predicted molar refractivity (Wildman–Crippen MR) is 96.6 cm³/mol. The molecule has 0 saturated heterocycles. The summed E-state index contributed by atoms with van der Waals surface area (Å²) in [5.74, 6) is 0.936. The number of fused-ring (bicyclic) bond motifs is 1. The van der Waals surface area contributed by atoms with Crippen LogP contribution in [0.4, 0.5) is 5.13 Å². The Hall–Kier alpha value is -1.63. The van der Waals surface area contributed by atoms with E-state index in [4.69, 9.17) is 0 Å². The molecule has 0 aliphatic heterocycles. The zero-order chi connectivity index (χ0) is 16.9. The van der Waals surface area contributed by atoms with Gasteiger partial charge < -0.3 is 0 Å². The third kappa shape index (κ3) is 4.06. The minimum atomic E-state index is -0.171. The van der Waals surface area contributed by atoms with Crippen LogP contribution in [-0.2, 0) is 17.6 Å². The minimum absolute atomic E-state index is 0.171. The molecule has 3 rings (SSSR count). The van der Waals surface area contributed by atoms with E-state index in [9.17, 15) is 10.1 Å². The van der Waals surface area contributed by atoms with Crippen LogP contribution in [0.5, 0.6) is 0 Å². The van der Waals surface area contributed by atoms with Crippen molar-refractivity contribution in [2.75, 3.05) is 16.8 Å². The molecular weight excluding hydrogens is 362 g/mol. The lowest BCUT2D eigenvalue weighted by molar-refractivity contribution is -0.113. The highest BCUT2D eigenvalue weighted by Crippen LogP contribution is 2.28. The van der Waals surface area contributed by atoms with Crippen LogP contribution in [0, 0.1) is 11.3 Å². The van der Waals surface area contributed by atoms with E-state index in [1.165, 1.54) is 23.1 Å². The van der Waals surface area contributed by atoms with E-state index in [2.05, 4.69) is 26.6 Å². The molecule has 24 heavy (non-hydrogen) atoms. The molecule has 1 aliphatic carbocycles. The van der Waals surface area contributed by atoms with Crippen LogP contribution in [0.25, 0.3) is 0 Å². The van der Waals surface area contributed by atoms with Crippen LogP contribution >= 0.6 is 34.9 Å². The van der Waals surface area contributed by atoms with Crippen molar-refractivity contribution in [2.24, 2.45) is 0 Å². The van der Waals surface area contributed by atoms with E-state index in [1.807, 2.05) is 13.0 Å². The first-order chi connectivity index (χ1) is 11.7. The van der Waals surface area contributed by atoms with E-state index in [-0.39, 0.29) is 11.7 Å². The topological polar surface area (TPSA) is 91.6 Å². The Morgan fingerprint density at radius 2 is 2.29 bits per heavy atom. The van der Waals surface area contributed by atoms with Crippen LogP contribution < -0.4 is 5.32 Å². The maximum atomic E-state index is 12.1. The standard InChI is InChI=1S/C15H15N5OS3/c1-2-22-15-20-19-14(24-15)18-12(21)8-23-13-10(7-16)6-9-4-3-5-11(9)17-13/h6H,2-5,8H2,1H3,(H,18,19,21). The average molecular weight is 378 g/mol. The quantitative estimate of drug-likeness (QED) is 0.611. The average Bonchev–Trinajstić information content (AvgIpc) is 3.21. The molecule has 0 spiro atoms. The minimum Gasteiger partial charge on any atom is -0.300 e. The summed E-state index contributed by atoms with van der Waals surface area (Å²) in [7, 11) is 0. The van der Waals surface area contributed by atoms with Crippen molar-refractivity contribution in [1.29, 1.82) is 5.26 Å². The number of nitrogens with one attached hydrogen (secondary N) is 1. The number of pyridine rings is 1. The van der Waals surface area contributed by atoms with E-state index in [0.717, 1.165) is 40.6 Å². The Kier molecular flexibility index (Phi) is 5.71. The van der Waals surface area contributed by atoms with Gasteiger partial charge in [0.1, 0.15) is 11.1 Å². The third-order valence-corrected chi connectivity index (χ3v) is 6.24. The van der Waals surface area contributed by atoms with Gasteiger partial charge in [-0.3, -0.25) is 10.1 Å². The lowest BCUT2D eigenvalue weighted by Crippen LogP contribution is -2.14. The fraction of sp³-hybridized carbons (Fsp3) is 0.400. The molecule has 124 valence electrons. The predicted octanol–water partition coefficient (Wildman–Crippen LogP) is 3.14. The number of thioether (sulfide) groups is 2. The summed E-state index contributed by atoms with van der Waals surface area (Å²) in [6.07, 6.45) is 3.01. The highest BCUT2D eigenvalue weighted by Gasteiger charge is 2.17. The number of aromatic nitrogens is 3. The Morgan fingerprint density at radius 1 is 1.42 bits per heavy atom. The maximum Gasteiger partial charge on any atom is 0.236 e. The first-order valence-electron chi connectivity index (χ1n) is 7.51. The van der Waals surface area contributed by atoms with Crippen LogP contribution in [-0.4, -0.2) is 32.6 Å². The summed E-state index contributed by atoms with van der Waals surface area (Å²) in [6, 6.07) is 4.09. The lowest BCUT2D eigenvalue weighted by atomic mass is 10.2. The summed E-state index contributed by atoms with van der Waals surface area (Å²) >= 11 is 4.24. The second-order valence-corrected chi connectivity index (χ2v) is 8.51. The van der Waals surface area contributed by atoms with Gasteiger partial charge in [0.2, 0.25) is 11.0 Å². The number of anilines is 1. The SMILES string of the molecule is CCSc1nnc(NC(=O)CSc2nc3c(cc2C#N)CCC3)s1. The molecular formula is C15H15N5OS3.